The molecule has 110 valence electrons. The number of carbonyl (C=O) groups excluding carboxylic acids is 2. The fourth-order valence-electron chi connectivity index (χ4n) is 4.37. The summed E-state index contributed by atoms with van der Waals surface area (Å²) in [6.45, 7) is 1.97. The van der Waals surface area contributed by atoms with Gasteiger partial charge in [-0.15, -0.1) is 0 Å². The van der Waals surface area contributed by atoms with E-state index >= 15 is 0 Å². The van der Waals surface area contributed by atoms with Crippen molar-refractivity contribution in [2.45, 2.75) is 23.0 Å². The van der Waals surface area contributed by atoms with Crippen LogP contribution in [0, 0.1) is 30.6 Å². The summed E-state index contributed by atoms with van der Waals surface area (Å²) < 4.78 is 0. The van der Waals surface area contributed by atoms with E-state index in [4.69, 9.17) is 0 Å². The summed E-state index contributed by atoms with van der Waals surface area (Å²) in [6, 6.07) is 7.63. The van der Waals surface area contributed by atoms with Crippen LogP contribution in [0.25, 0.3) is 0 Å². The van der Waals surface area contributed by atoms with Crippen LogP contribution in [0.3, 0.4) is 0 Å². The minimum atomic E-state index is -0.138. The van der Waals surface area contributed by atoms with Crippen LogP contribution in [0.4, 0.5) is 5.69 Å². The molecule has 4 rings (SSSR count). The molecule has 1 aromatic carbocycles. The first-order valence-corrected chi connectivity index (χ1v) is 9.06. The highest BCUT2D eigenvalue weighted by molar-refractivity contribution is 9.12. The lowest BCUT2D eigenvalue weighted by atomic mass is 9.81. The molecule has 6 atom stereocenters. The molecule has 2 saturated carbocycles. The predicted octanol–water partition coefficient (Wildman–Crippen LogP) is 3.28. The number of amides is 2. The number of hydrogen-bond donors (Lipinski definition) is 0. The number of imide groups is 1. The molecule has 3 fully saturated rings. The van der Waals surface area contributed by atoms with Crippen LogP contribution in [0.2, 0.25) is 0 Å². The molecule has 1 aromatic rings. The van der Waals surface area contributed by atoms with Crippen molar-refractivity contribution >= 4 is 49.4 Å². The van der Waals surface area contributed by atoms with E-state index in [-0.39, 0.29) is 45.1 Å². The largest absolute Gasteiger partial charge is 0.274 e. The quantitative estimate of drug-likeness (QED) is 0.524. The van der Waals surface area contributed by atoms with Crippen molar-refractivity contribution in [1.82, 2.24) is 0 Å². The molecule has 1 heterocycles. The second kappa shape index (κ2) is 4.66. The number of anilines is 1. The average molecular weight is 413 g/mol. The van der Waals surface area contributed by atoms with Crippen molar-refractivity contribution in [1.29, 1.82) is 0 Å². The lowest BCUT2D eigenvalue weighted by Gasteiger charge is -2.28. The van der Waals surface area contributed by atoms with Gasteiger partial charge < -0.3 is 0 Å². The molecule has 21 heavy (non-hydrogen) atoms. The fraction of sp³-hybridized carbons (Fsp3) is 0.500. The number of nitrogens with zero attached hydrogens (tertiary/aromatic N) is 1. The molecule has 3 nitrogen and oxygen atoms in total. The van der Waals surface area contributed by atoms with Crippen LogP contribution < -0.4 is 4.90 Å². The number of benzene rings is 1. The standard InChI is InChI=1S/C16H15Br2NO2/c1-7-3-2-4-8(5-7)19-15(20)11-9-6-10(12(11)16(19)21)14(18)13(9)17/h2-5,9-14H,6H2,1H3/t9-,10-,11-,12+,13-,14+/m1/s1. The van der Waals surface area contributed by atoms with Crippen molar-refractivity contribution in [3.63, 3.8) is 0 Å². The van der Waals surface area contributed by atoms with Crippen molar-refractivity contribution < 1.29 is 9.59 Å². The van der Waals surface area contributed by atoms with Crippen molar-refractivity contribution in [3.8, 4) is 0 Å². The molecule has 2 bridgehead atoms. The minimum Gasteiger partial charge on any atom is -0.274 e. The smallest absolute Gasteiger partial charge is 0.238 e. The first kappa shape index (κ1) is 13.9. The van der Waals surface area contributed by atoms with E-state index in [0.29, 0.717) is 0 Å². The summed E-state index contributed by atoms with van der Waals surface area (Å²) in [4.78, 5) is 27.6. The molecular formula is C16H15Br2NO2. The lowest BCUT2D eigenvalue weighted by Crippen LogP contribution is -2.37. The summed E-state index contributed by atoms with van der Waals surface area (Å²) in [6.07, 6.45) is 0.973. The van der Waals surface area contributed by atoms with Gasteiger partial charge in [-0.1, -0.05) is 44.0 Å². The Hall–Kier alpha value is -0.680. The minimum absolute atomic E-state index is 0.00745. The van der Waals surface area contributed by atoms with Crippen LogP contribution >= 0.6 is 31.9 Å². The molecule has 2 aliphatic carbocycles. The Morgan fingerprint density at radius 3 is 2.14 bits per heavy atom. The van der Waals surface area contributed by atoms with Crippen molar-refractivity contribution in [2.24, 2.45) is 23.7 Å². The van der Waals surface area contributed by atoms with E-state index in [1.54, 1.807) is 0 Å². The molecule has 0 N–H and O–H groups in total. The van der Waals surface area contributed by atoms with Crippen LogP contribution in [0.5, 0.6) is 0 Å². The topological polar surface area (TPSA) is 37.4 Å². The molecule has 2 amide bonds. The van der Waals surface area contributed by atoms with Gasteiger partial charge >= 0.3 is 0 Å². The summed E-state index contributed by atoms with van der Waals surface area (Å²) in [7, 11) is 0. The number of halogens is 2. The maximum absolute atomic E-state index is 12.8. The van der Waals surface area contributed by atoms with Gasteiger partial charge in [-0.2, -0.15) is 0 Å². The highest BCUT2D eigenvalue weighted by Gasteiger charge is 2.66. The maximum atomic E-state index is 12.8. The highest BCUT2D eigenvalue weighted by atomic mass is 79.9. The molecule has 3 aliphatic rings. The first-order chi connectivity index (χ1) is 10.0. The third kappa shape index (κ3) is 1.76. The van der Waals surface area contributed by atoms with Gasteiger partial charge in [0.1, 0.15) is 0 Å². The highest BCUT2D eigenvalue weighted by Crippen LogP contribution is 2.60. The molecule has 1 aliphatic heterocycles. The monoisotopic (exact) mass is 411 g/mol. The van der Waals surface area contributed by atoms with Crippen LogP contribution in [-0.2, 0) is 9.59 Å². The Morgan fingerprint density at radius 2 is 1.62 bits per heavy atom. The second-order valence-electron chi connectivity index (χ2n) is 6.35. The summed E-state index contributed by atoms with van der Waals surface area (Å²) in [5, 5.41) is 0. The van der Waals surface area contributed by atoms with Crippen molar-refractivity contribution in [2.75, 3.05) is 4.90 Å². The Labute approximate surface area is 140 Å². The second-order valence-corrected chi connectivity index (χ2v) is 8.47. The Morgan fingerprint density at radius 1 is 1.05 bits per heavy atom. The Kier molecular flexibility index (Phi) is 3.09. The number of hydrogen-bond acceptors (Lipinski definition) is 2. The summed E-state index contributed by atoms with van der Waals surface area (Å²) in [5.41, 5.74) is 1.78. The summed E-state index contributed by atoms with van der Waals surface area (Å²) >= 11 is 7.41. The predicted molar refractivity (Wildman–Crippen MR) is 87.7 cm³/mol. The van der Waals surface area contributed by atoms with Crippen LogP contribution in [0.15, 0.2) is 24.3 Å². The molecular weight excluding hydrogens is 398 g/mol. The number of aryl methyl sites for hydroxylation is 1. The summed E-state index contributed by atoms with van der Waals surface area (Å²) in [5.74, 6) is 0.257. The number of rotatable bonds is 1. The molecule has 0 unspecified atom stereocenters. The normalized spacial score (nSPS) is 41.0. The van der Waals surface area contributed by atoms with Crippen LogP contribution in [-0.4, -0.2) is 21.5 Å². The molecule has 0 spiro atoms. The SMILES string of the molecule is Cc1cccc(N2C(=O)[C@@H]3[C@H]4C[C@@H]([C@H](Br)[C@@H]4Br)[C@@H]3C2=O)c1. The van der Waals surface area contributed by atoms with Gasteiger partial charge in [0.25, 0.3) is 0 Å². The Balaban J connectivity index is 1.75. The van der Waals surface area contributed by atoms with E-state index < -0.39 is 0 Å². The van der Waals surface area contributed by atoms with E-state index in [1.807, 2.05) is 31.2 Å². The van der Waals surface area contributed by atoms with E-state index in [2.05, 4.69) is 31.9 Å². The van der Waals surface area contributed by atoms with Gasteiger partial charge in [-0.3, -0.25) is 14.5 Å². The number of carbonyl (C=O) groups is 2. The van der Waals surface area contributed by atoms with Gasteiger partial charge in [-0.05, 0) is 42.9 Å². The number of fused-ring (bicyclic) bond motifs is 5. The van der Waals surface area contributed by atoms with Gasteiger partial charge in [0, 0.05) is 9.65 Å². The van der Waals surface area contributed by atoms with E-state index in [9.17, 15) is 9.59 Å². The Bertz CT molecular complexity index is 615. The third-order valence-electron chi connectivity index (χ3n) is 5.25. The van der Waals surface area contributed by atoms with Gasteiger partial charge in [0.2, 0.25) is 11.8 Å². The molecule has 0 radical (unpaired) electrons. The van der Waals surface area contributed by atoms with Gasteiger partial charge in [0.05, 0.1) is 17.5 Å². The zero-order valence-electron chi connectivity index (χ0n) is 11.5. The zero-order chi connectivity index (χ0) is 14.9. The first-order valence-electron chi connectivity index (χ1n) is 7.23. The molecule has 0 aromatic heterocycles. The van der Waals surface area contributed by atoms with Crippen molar-refractivity contribution in [3.05, 3.63) is 29.8 Å². The van der Waals surface area contributed by atoms with Gasteiger partial charge in [0.15, 0.2) is 0 Å². The van der Waals surface area contributed by atoms with E-state index in [1.165, 1.54) is 4.90 Å². The fourth-order valence-corrected chi connectivity index (χ4v) is 6.24. The number of alkyl halides is 2. The average Bonchev–Trinajstić information content (AvgIpc) is 3.04. The lowest BCUT2D eigenvalue weighted by molar-refractivity contribution is -0.123. The van der Waals surface area contributed by atoms with Gasteiger partial charge in [-0.25, -0.2) is 0 Å². The molecule has 1 saturated heterocycles. The maximum Gasteiger partial charge on any atom is 0.238 e. The van der Waals surface area contributed by atoms with E-state index in [0.717, 1.165) is 17.7 Å². The van der Waals surface area contributed by atoms with Crippen LogP contribution in [0.1, 0.15) is 12.0 Å². The zero-order valence-corrected chi connectivity index (χ0v) is 14.7. The third-order valence-corrected chi connectivity index (χ3v) is 8.45. The molecule has 5 heteroatoms.